The third kappa shape index (κ3) is 4.29. The van der Waals surface area contributed by atoms with Crippen LogP contribution in [-0.4, -0.2) is 14.3 Å². The molecule has 0 spiro atoms. The number of anilines is 1. The van der Waals surface area contributed by atoms with E-state index >= 15 is 0 Å². The second kappa shape index (κ2) is 7.40. The Morgan fingerprint density at radius 3 is 2.64 bits per heavy atom. The Labute approximate surface area is 153 Å². The maximum atomic E-state index is 12.2. The number of halogens is 1. The van der Waals surface area contributed by atoms with Crippen LogP contribution in [0.2, 0.25) is 5.02 Å². The first-order valence-electron chi connectivity index (χ1n) is 7.13. The molecule has 0 saturated carbocycles. The predicted molar refractivity (Wildman–Crippen MR) is 96.5 cm³/mol. The van der Waals surface area contributed by atoms with Gasteiger partial charge in [0.25, 0.3) is 15.9 Å². The Morgan fingerprint density at radius 1 is 1.12 bits per heavy atom. The van der Waals surface area contributed by atoms with Crippen molar-refractivity contribution in [2.24, 2.45) is 0 Å². The van der Waals surface area contributed by atoms with Gasteiger partial charge in [0, 0.05) is 11.4 Å². The molecule has 0 atom stereocenters. The number of carbonyl (C=O) groups excluding carboxylic acids is 1. The summed E-state index contributed by atoms with van der Waals surface area (Å²) < 4.78 is 32.1. The van der Waals surface area contributed by atoms with E-state index in [1.165, 1.54) is 23.5 Å². The number of sulfonamides is 1. The summed E-state index contributed by atoms with van der Waals surface area (Å²) in [6.45, 7) is 0.155. The summed E-state index contributed by atoms with van der Waals surface area (Å²) in [5.41, 5.74) is 0.408. The monoisotopic (exact) mass is 396 g/mol. The fourth-order valence-corrected chi connectivity index (χ4v) is 3.84. The summed E-state index contributed by atoms with van der Waals surface area (Å²) in [4.78, 5) is 13.0. The Balaban J connectivity index is 1.70. The molecule has 0 saturated heterocycles. The molecule has 3 rings (SSSR count). The highest BCUT2D eigenvalue weighted by Crippen LogP contribution is 2.22. The molecule has 0 bridgehead atoms. The minimum absolute atomic E-state index is 0.128. The first-order valence-corrected chi connectivity index (χ1v) is 9.87. The number of carbonyl (C=O) groups is 1. The van der Waals surface area contributed by atoms with Crippen molar-refractivity contribution in [1.29, 1.82) is 0 Å². The van der Waals surface area contributed by atoms with E-state index in [1.54, 1.807) is 24.3 Å². The summed E-state index contributed by atoms with van der Waals surface area (Å²) in [6.07, 6.45) is 0. The summed E-state index contributed by atoms with van der Waals surface area (Å²) >= 11 is 7.41. The number of benzene rings is 1. The largest absolute Gasteiger partial charge is 0.438 e. The smallest absolute Gasteiger partial charge is 0.291 e. The van der Waals surface area contributed by atoms with Gasteiger partial charge in [0.15, 0.2) is 5.76 Å². The quantitative estimate of drug-likeness (QED) is 0.664. The average molecular weight is 397 g/mol. The molecule has 25 heavy (non-hydrogen) atoms. The van der Waals surface area contributed by atoms with E-state index in [4.69, 9.17) is 16.0 Å². The van der Waals surface area contributed by atoms with Crippen LogP contribution in [0, 0.1) is 0 Å². The second-order valence-corrected chi connectivity index (χ2v) is 8.09. The zero-order valence-electron chi connectivity index (χ0n) is 12.7. The topological polar surface area (TPSA) is 88.4 Å². The molecule has 0 fully saturated rings. The molecule has 1 amide bonds. The van der Waals surface area contributed by atoms with Crippen LogP contribution in [0.5, 0.6) is 0 Å². The van der Waals surface area contributed by atoms with E-state index < -0.39 is 15.9 Å². The highest BCUT2D eigenvalue weighted by atomic mass is 35.5. The Morgan fingerprint density at radius 2 is 1.92 bits per heavy atom. The first kappa shape index (κ1) is 17.7. The van der Waals surface area contributed by atoms with E-state index in [1.807, 2.05) is 17.5 Å². The SMILES string of the molecule is O=C(Nc1ccccc1Cl)c1ccc(S(=O)(=O)NCc2cccs2)o1. The highest BCUT2D eigenvalue weighted by Gasteiger charge is 2.21. The van der Waals surface area contributed by atoms with Gasteiger partial charge in [-0.15, -0.1) is 11.3 Å². The van der Waals surface area contributed by atoms with E-state index in [0.29, 0.717) is 10.7 Å². The Kier molecular flexibility index (Phi) is 5.24. The zero-order valence-corrected chi connectivity index (χ0v) is 15.1. The van der Waals surface area contributed by atoms with Gasteiger partial charge >= 0.3 is 0 Å². The van der Waals surface area contributed by atoms with E-state index in [-0.39, 0.29) is 17.4 Å². The van der Waals surface area contributed by atoms with Crippen LogP contribution >= 0.6 is 22.9 Å². The lowest BCUT2D eigenvalue weighted by atomic mass is 10.3. The number of thiophene rings is 1. The average Bonchev–Trinajstić information content (AvgIpc) is 3.27. The van der Waals surface area contributed by atoms with Gasteiger partial charge in [-0.05, 0) is 35.7 Å². The van der Waals surface area contributed by atoms with Gasteiger partial charge < -0.3 is 9.73 Å². The lowest BCUT2D eigenvalue weighted by molar-refractivity contribution is 0.0991. The fraction of sp³-hybridized carbons (Fsp3) is 0.0625. The number of rotatable bonds is 6. The van der Waals surface area contributed by atoms with Gasteiger partial charge in [-0.1, -0.05) is 29.8 Å². The van der Waals surface area contributed by atoms with E-state index in [0.717, 1.165) is 4.88 Å². The van der Waals surface area contributed by atoms with Gasteiger partial charge in [0.1, 0.15) is 0 Å². The molecule has 2 heterocycles. The van der Waals surface area contributed by atoms with Gasteiger partial charge in [-0.3, -0.25) is 4.79 Å². The third-order valence-electron chi connectivity index (χ3n) is 3.21. The van der Waals surface area contributed by atoms with Crippen molar-refractivity contribution < 1.29 is 17.6 Å². The Hall–Kier alpha value is -2.13. The van der Waals surface area contributed by atoms with Crippen LogP contribution in [0.25, 0.3) is 0 Å². The maximum Gasteiger partial charge on any atom is 0.291 e. The number of nitrogens with one attached hydrogen (secondary N) is 2. The fourth-order valence-electron chi connectivity index (χ4n) is 1.98. The zero-order chi connectivity index (χ0) is 17.9. The van der Waals surface area contributed by atoms with E-state index in [2.05, 4.69) is 10.0 Å². The van der Waals surface area contributed by atoms with Crippen LogP contribution in [0.15, 0.2) is 63.4 Å². The minimum Gasteiger partial charge on any atom is -0.438 e. The predicted octanol–water partition coefficient (Wildman–Crippen LogP) is 3.73. The van der Waals surface area contributed by atoms with Crippen molar-refractivity contribution in [1.82, 2.24) is 4.72 Å². The third-order valence-corrected chi connectivity index (χ3v) is 5.69. The lowest BCUT2D eigenvalue weighted by Crippen LogP contribution is -2.22. The molecule has 2 aromatic heterocycles. The summed E-state index contributed by atoms with van der Waals surface area (Å²) in [7, 11) is -3.85. The molecule has 0 unspecified atom stereocenters. The number of amides is 1. The van der Waals surface area contributed by atoms with Crippen molar-refractivity contribution in [2.75, 3.05) is 5.32 Å². The van der Waals surface area contributed by atoms with Crippen molar-refractivity contribution >= 4 is 44.6 Å². The molecule has 0 radical (unpaired) electrons. The van der Waals surface area contributed by atoms with Crippen molar-refractivity contribution in [3.63, 3.8) is 0 Å². The van der Waals surface area contributed by atoms with Crippen LogP contribution in [-0.2, 0) is 16.6 Å². The van der Waals surface area contributed by atoms with Crippen molar-refractivity contribution in [3.05, 3.63) is 69.6 Å². The number of para-hydroxylation sites is 1. The Bertz CT molecular complexity index is 981. The van der Waals surface area contributed by atoms with Gasteiger partial charge in [-0.2, -0.15) is 0 Å². The molecule has 0 aliphatic carbocycles. The summed E-state index contributed by atoms with van der Waals surface area (Å²) in [5, 5.41) is 4.47. The highest BCUT2D eigenvalue weighted by molar-refractivity contribution is 7.89. The maximum absolute atomic E-state index is 12.2. The van der Waals surface area contributed by atoms with Gasteiger partial charge in [0.05, 0.1) is 10.7 Å². The summed E-state index contributed by atoms with van der Waals surface area (Å²) in [6, 6.07) is 12.9. The summed E-state index contributed by atoms with van der Waals surface area (Å²) in [5.74, 6) is -0.718. The van der Waals surface area contributed by atoms with E-state index in [9.17, 15) is 13.2 Å². The molecule has 130 valence electrons. The molecule has 3 aromatic rings. The standard InChI is InChI=1S/C16H13ClN2O4S2/c17-12-5-1-2-6-13(12)19-16(20)14-7-8-15(23-14)25(21,22)18-10-11-4-3-9-24-11/h1-9,18H,10H2,(H,19,20). The molecule has 9 heteroatoms. The molecule has 6 nitrogen and oxygen atoms in total. The second-order valence-electron chi connectivity index (χ2n) is 4.96. The van der Waals surface area contributed by atoms with Crippen molar-refractivity contribution in [2.45, 2.75) is 11.6 Å². The van der Waals surface area contributed by atoms with Crippen LogP contribution in [0.3, 0.4) is 0 Å². The van der Waals surface area contributed by atoms with Crippen molar-refractivity contribution in [3.8, 4) is 0 Å². The minimum atomic E-state index is -3.85. The van der Waals surface area contributed by atoms with Crippen LogP contribution in [0.4, 0.5) is 5.69 Å². The molecular formula is C16H13ClN2O4S2. The van der Waals surface area contributed by atoms with Gasteiger partial charge in [-0.25, -0.2) is 13.1 Å². The molecule has 2 N–H and O–H groups in total. The molecule has 1 aromatic carbocycles. The first-order chi connectivity index (χ1) is 12.0. The normalized spacial score (nSPS) is 11.4. The van der Waals surface area contributed by atoms with Crippen LogP contribution in [0.1, 0.15) is 15.4 Å². The lowest BCUT2D eigenvalue weighted by Gasteiger charge is -2.05. The molecule has 0 aliphatic heterocycles. The molecule has 0 aliphatic rings. The molecular weight excluding hydrogens is 384 g/mol. The number of furan rings is 1. The van der Waals surface area contributed by atoms with Crippen LogP contribution < -0.4 is 10.0 Å². The number of hydrogen-bond acceptors (Lipinski definition) is 5. The van der Waals surface area contributed by atoms with Gasteiger partial charge in [0.2, 0.25) is 5.09 Å². The number of hydrogen-bond donors (Lipinski definition) is 2.